The lowest BCUT2D eigenvalue weighted by Crippen LogP contribution is -2.13. The van der Waals surface area contributed by atoms with E-state index in [1.165, 1.54) is 11.8 Å². The minimum Gasteiger partial charge on any atom is -0.465 e. The average molecular weight is 247 g/mol. The van der Waals surface area contributed by atoms with E-state index in [-0.39, 0.29) is 6.04 Å². The molecule has 1 aromatic heterocycles. The molecule has 0 amide bonds. The third-order valence-corrected chi connectivity index (χ3v) is 2.41. The number of rotatable bonds is 3. The van der Waals surface area contributed by atoms with E-state index < -0.39 is 5.97 Å². The van der Waals surface area contributed by atoms with E-state index in [0.717, 1.165) is 0 Å². The van der Waals surface area contributed by atoms with E-state index >= 15 is 0 Å². The number of hydrogen-bond donors (Lipinski definition) is 1. The van der Waals surface area contributed by atoms with Crippen LogP contribution in [0.25, 0.3) is 5.69 Å². The van der Waals surface area contributed by atoms with Gasteiger partial charge in [0.05, 0.1) is 24.4 Å². The van der Waals surface area contributed by atoms with Gasteiger partial charge in [0.1, 0.15) is 0 Å². The number of hydrogen-bond acceptors (Lipinski definition) is 6. The summed E-state index contributed by atoms with van der Waals surface area (Å²) in [5.74, 6) is 0.115. The minimum atomic E-state index is -0.410. The molecule has 2 rings (SSSR count). The lowest BCUT2D eigenvalue weighted by molar-refractivity contribution is 0.0600. The molecule has 0 aliphatic heterocycles. The molecule has 2 aromatic rings. The number of tetrazole rings is 1. The van der Waals surface area contributed by atoms with Crippen LogP contribution in [0.1, 0.15) is 29.1 Å². The second-order valence-electron chi connectivity index (χ2n) is 3.78. The predicted molar refractivity (Wildman–Crippen MR) is 63.1 cm³/mol. The number of nitrogens with two attached hydrogens (primary N) is 1. The van der Waals surface area contributed by atoms with Crippen LogP contribution in [-0.2, 0) is 4.74 Å². The van der Waals surface area contributed by atoms with Gasteiger partial charge in [0.2, 0.25) is 0 Å². The molecule has 7 nitrogen and oxygen atoms in total. The molecule has 2 N–H and O–H groups in total. The van der Waals surface area contributed by atoms with Crippen molar-refractivity contribution in [3.05, 3.63) is 35.7 Å². The first-order chi connectivity index (χ1) is 8.63. The highest BCUT2D eigenvalue weighted by Crippen LogP contribution is 2.14. The van der Waals surface area contributed by atoms with Crippen molar-refractivity contribution in [2.45, 2.75) is 13.0 Å². The van der Waals surface area contributed by atoms with Crippen molar-refractivity contribution in [1.82, 2.24) is 20.2 Å². The van der Waals surface area contributed by atoms with Crippen LogP contribution in [0, 0.1) is 0 Å². The van der Waals surface area contributed by atoms with Gasteiger partial charge in [0, 0.05) is 0 Å². The molecule has 94 valence electrons. The van der Waals surface area contributed by atoms with Gasteiger partial charge in [-0.3, -0.25) is 0 Å². The molecule has 7 heteroatoms. The van der Waals surface area contributed by atoms with Crippen LogP contribution in [0.4, 0.5) is 0 Å². The summed E-state index contributed by atoms with van der Waals surface area (Å²) in [6.07, 6.45) is 0. The first-order valence-electron chi connectivity index (χ1n) is 5.36. The quantitative estimate of drug-likeness (QED) is 0.792. The third kappa shape index (κ3) is 2.21. The second kappa shape index (κ2) is 4.92. The summed E-state index contributed by atoms with van der Waals surface area (Å²) in [4.78, 5) is 11.4. The van der Waals surface area contributed by atoms with Gasteiger partial charge in [-0.05, 0) is 35.5 Å². The molecule has 1 unspecified atom stereocenters. The summed E-state index contributed by atoms with van der Waals surface area (Å²) in [6, 6.07) is 6.52. The Morgan fingerprint density at radius 2 is 2.28 bits per heavy atom. The normalized spacial score (nSPS) is 12.2. The van der Waals surface area contributed by atoms with Gasteiger partial charge < -0.3 is 10.5 Å². The van der Waals surface area contributed by atoms with E-state index in [4.69, 9.17) is 5.73 Å². The van der Waals surface area contributed by atoms with Crippen LogP contribution in [0.3, 0.4) is 0 Å². The Hall–Kier alpha value is -2.28. The topological polar surface area (TPSA) is 95.9 Å². The zero-order chi connectivity index (χ0) is 13.1. The summed E-state index contributed by atoms with van der Waals surface area (Å²) in [7, 11) is 1.33. The van der Waals surface area contributed by atoms with Gasteiger partial charge in [-0.25, -0.2) is 4.79 Å². The standard InChI is InChI=1S/C11H13N5O2/c1-7(12)10-13-14-15-16(10)9-5-3-4-8(6-9)11(17)18-2/h3-7H,12H2,1-2H3. The van der Waals surface area contributed by atoms with Crippen LogP contribution in [0.5, 0.6) is 0 Å². The Kier molecular flexibility index (Phi) is 3.33. The van der Waals surface area contributed by atoms with Crippen molar-refractivity contribution in [1.29, 1.82) is 0 Å². The highest BCUT2D eigenvalue weighted by atomic mass is 16.5. The summed E-state index contributed by atoms with van der Waals surface area (Å²) >= 11 is 0. The third-order valence-electron chi connectivity index (χ3n) is 2.41. The summed E-state index contributed by atoms with van der Waals surface area (Å²) in [5.41, 5.74) is 6.86. The van der Waals surface area contributed by atoms with Crippen LogP contribution >= 0.6 is 0 Å². The Morgan fingerprint density at radius 3 is 2.94 bits per heavy atom. The van der Waals surface area contributed by atoms with Crippen molar-refractivity contribution in [2.75, 3.05) is 7.11 Å². The highest BCUT2D eigenvalue weighted by Gasteiger charge is 2.13. The zero-order valence-corrected chi connectivity index (χ0v) is 10.1. The number of nitrogens with zero attached hydrogens (tertiary/aromatic N) is 4. The second-order valence-corrected chi connectivity index (χ2v) is 3.78. The molecule has 0 bridgehead atoms. The fraction of sp³-hybridized carbons (Fsp3) is 0.273. The molecule has 0 saturated carbocycles. The molecule has 0 saturated heterocycles. The number of aromatic nitrogens is 4. The average Bonchev–Trinajstić information content (AvgIpc) is 2.87. The number of carbonyl (C=O) groups excluding carboxylic acids is 1. The molecule has 1 heterocycles. The Bertz CT molecular complexity index is 564. The Morgan fingerprint density at radius 1 is 1.50 bits per heavy atom. The largest absolute Gasteiger partial charge is 0.465 e. The molecule has 0 radical (unpaired) electrons. The van der Waals surface area contributed by atoms with Gasteiger partial charge >= 0.3 is 5.97 Å². The summed E-state index contributed by atoms with van der Waals surface area (Å²) in [5, 5.41) is 11.3. The van der Waals surface area contributed by atoms with Crippen LogP contribution in [-0.4, -0.2) is 33.3 Å². The smallest absolute Gasteiger partial charge is 0.337 e. The zero-order valence-electron chi connectivity index (χ0n) is 10.1. The molecule has 0 fully saturated rings. The molecule has 0 aliphatic carbocycles. The van der Waals surface area contributed by atoms with Crippen molar-refractivity contribution < 1.29 is 9.53 Å². The minimum absolute atomic E-state index is 0.304. The van der Waals surface area contributed by atoms with E-state index in [1.54, 1.807) is 31.2 Å². The van der Waals surface area contributed by atoms with E-state index in [0.29, 0.717) is 17.1 Å². The van der Waals surface area contributed by atoms with E-state index in [2.05, 4.69) is 20.3 Å². The van der Waals surface area contributed by atoms with Crippen molar-refractivity contribution in [3.8, 4) is 5.69 Å². The van der Waals surface area contributed by atoms with Crippen molar-refractivity contribution >= 4 is 5.97 Å². The lowest BCUT2D eigenvalue weighted by atomic mass is 10.2. The number of ether oxygens (including phenoxy) is 1. The first kappa shape index (κ1) is 12.2. The van der Waals surface area contributed by atoms with E-state index in [1.807, 2.05) is 0 Å². The van der Waals surface area contributed by atoms with Crippen LogP contribution in [0.15, 0.2) is 24.3 Å². The molecule has 0 aliphatic rings. The van der Waals surface area contributed by atoms with E-state index in [9.17, 15) is 4.79 Å². The SMILES string of the molecule is COC(=O)c1cccc(-n2nnnc2C(C)N)c1. The summed E-state index contributed by atoms with van der Waals surface area (Å²) < 4.78 is 6.16. The van der Waals surface area contributed by atoms with Gasteiger partial charge in [0.25, 0.3) is 0 Å². The maximum atomic E-state index is 11.4. The fourth-order valence-electron chi connectivity index (χ4n) is 1.54. The fourth-order valence-corrected chi connectivity index (χ4v) is 1.54. The van der Waals surface area contributed by atoms with Crippen LogP contribution in [0.2, 0.25) is 0 Å². The lowest BCUT2D eigenvalue weighted by Gasteiger charge is -2.07. The molecule has 1 aromatic carbocycles. The highest BCUT2D eigenvalue weighted by molar-refractivity contribution is 5.89. The maximum absolute atomic E-state index is 11.4. The number of methoxy groups -OCH3 is 1. The molecule has 1 atom stereocenters. The maximum Gasteiger partial charge on any atom is 0.337 e. The number of carbonyl (C=O) groups is 1. The van der Waals surface area contributed by atoms with Crippen LogP contribution < -0.4 is 5.73 Å². The van der Waals surface area contributed by atoms with Gasteiger partial charge in [0.15, 0.2) is 5.82 Å². The number of esters is 1. The molecule has 18 heavy (non-hydrogen) atoms. The Labute approximate surface area is 104 Å². The molecule has 0 spiro atoms. The molecular weight excluding hydrogens is 234 g/mol. The van der Waals surface area contributed by atoms with Gasteiger partial charge in [-0.2, -0.15) is 4.68 Å². The summed E-state index contributed by atoms with van der Waals surface area (Å²) in [6.45, 7) is 1.78. The Balaban J connectivity index is 2.45. The van der Waals surface area contributed by atoms with Crippen molar-refractivity contribution in [2.24, 2.45) is 5.73 Å². The van der Waals surface area contributed by atoms with Crippen molar-refractivity contribution in [3.63, 3.8) is 0 Å². The number of benzene rings is 1. The monoisotopic (exact) mass is 247 g/mol. The van der Waals surface area contributed by atoms with Gasteiger partial charge in [-0.1, -0.05) is 6.07 Å². The van der Waals surface area contributed by atoms with Gasteiger partial charge in [-0.15, -0.1) is 5.10 Å². The predicted octanol–water partition coefficient (Wildman–Crippen LogP) is 0.469. The molecular formula is C11H13N5O2. The first-order valence-corrected chi connectivity index (χ1v) is 5.36.